The standard InChI is InChI=1S/C17H22N2O4/c1-11(17(22)23)13-4-2-5-14(10-13)19-15(20)6-3-9-18-16(21)12-7-8-12/h2,4-5,10-12H,3,6-9H2,1H3,(H,18,21)(H,19,20)(H,22,23). The highest BCUT2D eigenvalue weighted by molar-refractivity contribution is 5.91. The molecule has 0 heterocycles. The number of nitrogens with one attached hydrogen (secondary N) is 2. The number of anilines is 1. The quantitative estimate of drug-likeness (QED) is 0.640. The summed E-state index contributed by atoms with van der Waals surface area (Å²) in [5.74, 6) is -1.40. The van der Waals surface area contributed by atoms with Crippen LogP contribution in [-0.2, 0) is 14.4 Å². The Kier molecular flexibility index (Phi) is 5.73. The molecule has 1 aromatic carbocycles. The van der Waals surface area contributed by atoms with E-state index in [9.17, 15) is 14.4 Å². The number of rotatable bonds is 8. The van der Waals surface area contributed by atoms with E-state index in [1.807, 2.05) is 0 Å². The molecule has 1 aliphatic rings. The maximum absolute atomic E-state index is 11.9. The van der Waals surface area contributed by atoms with Crippen molar-refractivity contribution in [2.24, 2.45) is 5.92 Å². The van der Waals surface area contributed by atoms with Crippen molar-refractivity contribution < 1.29 is 19.5 Å². The van der Waals surface area contributed by atoms with Gasteiger partial charge in [-0.05, 0) is 43.9 Å². The summed E-state index contributed by atoms with van der Waals surface area (Å²) in [6, 6.07) is 6.85. The van der Waals surface area contributed by atoms with Gasteiger partial charge in [-0.25, -0.2) is 0 Å². The van der Waals surface area contributed by atoms with E-state index in [4.69, 9.17) is 5.11 Å². The molecule has 0 aliphatic heterocycles. The van der Waals surface area contributed by atoms with Crippen molar-refractivity contribution in [3.63, 3.8) is 0 Å². The van der Waals surface area contributed by atoms with E-state index in [0.717, 1.165) is 12.8 Å². The number of hydrogen-bond acceptors (Lipinski definition) is 3. The third kappa shape index (κ3) is 5.39. The molecule has 124 valence electrons. The smallest absolute Gasteiger partial charge is 0.310 e. The maximum atomic E-state index is 11.9. The molecular formula is C17H22N2O4. The first-order chi connectivity index (χ1) is 11.0. The molecule has 0 saturated heterocycles. The fraction of sp³-hybridized carbons (Fsp3) is 0.471. The van der Waals surface area contributed by atoms with Crippen LogP contribution in [0, 0.1) is 5.92 Å². The van der Waals surface area contributed by atoms with Gasteiger partial charge in [-0.15, -0.1) is 0 Å². The summed E-state index contributed by atoms with van der Waals surface area (Å²) in [6.45, 7) is 2.10. The van der Waals surface area contributed by atoms with Gasteiger partial charge in [-0.3, -0.25) is 14.4 Å². The fourth-order valence-electron chi connectivity index (χ4n) is 2.20. The van der Waals surface area contributed by atoms with Crippen molar-refractivity contribution in [2.45, 2.75) is 38.5 Å². The Bertz CT molecular complexity index is 596. The first kappa shape index (κ1) is 17.0. The molecule has 1 fully saturated rings. The molecule has 1 unspecified atom stereocenters. The van der Waals surface area contributed by atoms with E-state index in [0.29, 0.717) is 30.6 Å². The van der Waals surface area contributed by atoms with Crippen LogP contribution in [0.25, 0.3) is 0 Å². The lowest BCUT2D eigenvalue weighted by Gasteiger charge is -2.10. The number of carbonyl (C=O) groups is 3. The maximum Gasteiger partial charge on any atom is 0.310 e. The highest BCUT2D eigenvalue weighted by Crippen LogP contribution is 2.28. The zero-order chi connectivity index (χ0) is 16.8. The van der Waals surface area contributed by atoms with Crippen LogP contribution >= 0.6 is 0 Å². The van der Waals surface area contributed by atoms with Gasteiger partial charge in [0, 0.05) is 24.6 Å². The summed E-state index contributed by atoms with van der Waals surface area (Å²) in [4.78, 5) is 34.3. The van der Waals surface area contributed by atoms with Crippen LogP contribution in [0.5, 0.6) is 0 Å². The molecular weight excluding hydrogens is 296 g/mol. The number of benzene rings is 1. The minimum atomic E-state index is -0.903. The number of carboxylic acid groups (broad SMARTS) is 1. The van der Waals surface area contributed by atoms with Crippen molar-refractivity contribution in [2.75, 3.05) is 11.9 Å². The zero-order valence-electron chi connectivity index (χ0n) is 13.2. The first-order valence-electron chi connectivity index (χ1n) is 7.87. The van der Waals surface area contributed by atoms with Crippen molar-refractivity contribution in [1.29, 1.82) is 0 Å². The van der Waals surface area contributed by atoms with Gasteiger partial charge in [-0.2, -0.15) is 0 Å². The normalized spacial score (nSPS) is 14.8. The lowest BCUT2D eigenvalue weighted by molar-refractivity contribution is -0.138. The average Bonchev–Trinajstić information content (AvgIpc) is 3.35. The second-order valence-electron chi connectivity index (χ2n) is 5.90. The Morgan fingerprint density at radius 1 is 1.30 bits per heavy atom. The third-order valence-corrected chi connectivity index (χ3v) is 3.87. The minimum Gasteiger partial charge on any atom is -0.481 e. The van der Waals surface area contributed by atoms with Crippen molar-refractivity contribution >= 4 is 23.5 Å². The Labute approximate surface area is 135 Å². The van der Waals surface area contributed by atoms with Crippen LogP contribution in [0.2, 0.25) is 0 Å². The van der Waals surface area contributed by atoms with Gasteiger partial charge in [0.25, 0.3) is 0 Å². The number of aliphatic carboxylic acids is 1. The summed E-state index contributed by atoms with van der Waals surface area (Å²) >= 11 is 0. The third-order valence-electron chi connectivity index (χ3n) is 3.87. The van der Waals surface area contributed by atoms with Gasteiger partial charge >= 0.3 is 5.97 Å². The van der Waals surface area contributed by atoms with Crippen LogP contribution in [0.15, 0.2) is 24.3 Å². The predicted molar refractivity (Wildman–Crippen MR) is 86.1 cm³/mol. The van der Waals surface area contributed by atoms with Crippen LogP contribution in [0.4, 0.5) is 5.69 Å². The highest BCUT2D eigenvalue weighted by Gasteiger charge is 2.28. The van der Waals surface area contributed by atoms with Crippen LogP contribution in [0.3, 0.4) is 0 Å². The molecule has 23 heavy (non-hydrogen) atoms. The first-order valence-corrected chi connectivity index (χ1v) is 7.87. The molecule has 1 atom stereocenters. The van der Waals surface area contributed by atoms with E-state index in [1.54, 1.807) is 31.2 Å². The van der Waals surface area contributed by atoms with Crippen LogP contribution < -0.4 is 10.6 Å². The summed E-state index contributed by atoms with van der Waals surface area (Å²) in [6.07, 6.45) is 2.83. The number of amides is 2. The zero-order valence-corrected chi connectivity index (χ0v) is 13.2. The van der Waals surface area contributed by atoms with Crippen LogP contribution in [-0.4, -0.2) is 29.4 Å². The van der Waals surface area contributed by atoms with E-state index in [2.05, 4.69) is 10.6 Å². The van der Waals surface area contributed by atoms with Gasteiger partial charge in [0.2, 0.25) is 11.8 Å². The molecule has 2 amide bonds. The van der Waals surface area contributed by atoms with E-state index < -0.39 is 11.9 Å². The second-order valence-corrected chi connectivity index (χ2v) is 5.90. The molecule has 1 aromatic rings. The van der Waals surface area contributed by atoms with Gasteiger partial charge in [0.1, 0.15) is 0 Å². The molecule has 3 N–H and O–H groups in total. The van der Waals surface area contributed by atoms with Gasteiger partial charge in [-0.1, -0.05) is 12.1 Å². The Morgan fingerprint density at radius 3 is 2.70 bits per heavy atom. The monoisotopic (exact) mass is 318 g/mol. The van der Waals surface area contributed by atoms with Crippen molar-refractivity contribution in [3.05, 3.63) is 29.8 Å². The summed E-state index contributed by atoms with van der Waals surface area (Å²) < 4.78 is 0. The molecule has 0 spiro atoms. The van der Waals surface area contributed by atoms with Crippen molar-refractivity contribution in [1.82, 2.24) is 5.32 Å². The summed E-state index contributed by atoms with van der Waals surface area (Å²) in [7, 11) is 0. The Balaban J connectivity index is 1.75. The van der Waals surface area contributed by atoms with Gasteiger partial charge in [0.05, 0.1) is 5.92 Å². The lowest BCUT2D eigenvalue weighted by Crippen LogP contribution is -2.26. The highest BCUT2D eigenvalue weighted by atomic mass is 16.4. The molecule has 1 aliphatic carbocycles. The average molecular weight is 318 g/mol. The van der Waals surface area contributed by atoms with E-state index in [1.165, 1.54) is 0 Å². The van der Waals surface area contributed by atoms with Gasteiger partial charge in [0.15, 0.2) is 0 Å². The topological polar surface area (TPSA) is 95.5 Å². The van der Waals surface area contributed by atoms with E-state index in [-0.39, 0.29) is 17.7 Å². The summed E-state index contributed by atoms with van der Waals surface area (Å²) in [5, 5.41) is 14.6. The van der Waals surface area contributed by atoms with Crippen LogP contribution in [0.1, 0.15) is 44.1 Å². The van der Waals surface area contributed by atoms with Crippen molar-refractivity contribution in [3.8, 4) is 0 Å². The molecule has 6 heteroatoms. The summed E-state index contributed by atoms with van der Waals surface area (Å²) in [5.41, 5.74) is 1.23. The van der Waals surface area contributed by atoms with Gasteiger partial charge < -0.3 is 15.7 Å². The molecule has 0 aromatic heterocycles. The molecule has 6 nitrogen and oxygen atoms in total. The number of hydrogen-bond donors (Lipinski definition) is 3. The lowest BCUT2D eigenvalue weighted by atomic mass is 10.0. The second kappa shape index (κ2) is 7.76. The predicted octanol–water partition coefficient (Wildman–Crippen LogP) is 2.12. The fourth-order valence-corrected chi connectivity index (χ4v) is 2.20. The SMILES string of the molecule is CC(C(=O)O)c1cccc(NC(=O)CCCNC(=O)C2CC2)c1. The molecule has 0 bridgehead atoms. The molecule has 2 rings (SSSR count). The Hall–Kier alpha value is -2.37. The number of carboxylic acids is 1. The number of carbonyl (C=O) groups excluding carboxylic acids is 2. The largest absolute Gasteiger partial charge is 0.481 e. The molecule has 0 radical (unpaired) electrons. The Morgan fingerprint density at radius 2 is 2.04 bits per heavy atom. The minimum absolute atomic E-state index is 0.0840. The molecule has 1 saturated carbocycles. The van der Waals surface area contributed by atoms with E-state index >= 15 is 0 Å².